The highest BCUT2D eigenvalue weighted by Crippen LogP contribution is 2.32. The van der Waals surface area contributed by atoms with Gasteiger partial charge in [0.2, 0.25) is 0 Å². The number of carbonyl (C=O) groups is 2. The molecule has 0 saturated heterocycles. The van der Waals surface area contributed by atoms with Crippen molar-refractivity contribution in [3.05, 3.63) is 106 Å². The number of nitrogens with one attached hydrogen (secondary N) is 3. The lowest BCUT2D eigenvalue weighted by atomic mass is 9.95. The summed E-state index contributed by atoms with van der Waals surface area (Å²) in [5, 5.41) is 18.0. The number of aromatic amines is 2. The molecule has 4 aromatic rings. The van der Waals surface area contributed by atoms with Crippen molar-refractivity contribution in [2.24, 2.45) is 0 Å². The molecule has 4 rings (SSSR count). The molecule has 0 aliphatic carbocycles. The smallest absolute Gasteiger partial charge is 0.323 e. The standard InChI is InChI=1S/C28H27N5O3S2/c1-3-14-32(17-25(34)35)24-13-12-20(15-23(24)18(2)19-8-5-4-6-9-19)26(36)29-21-10-7-11-22(16-21)33-27(37)30-31-28(33)38/h4-13,15-16H,2-3,14,17H2,1H3,(H,29,36)(H,30,37)(H,31,38)(H,34,35). The number of carbonyl (C=O) groups excluding carboxylic acids is 1. The van der Waals surface area contributed by atoms with Crippen LogP contribution in [0, 0.1) is 9.54 Å². The van der Waals surface area contributed by atoms with Gasteiger partial charge in [-0.15, -0.1) is 0 Å². The predicted molar refractivity (Wildman–Crippen MR) is 155 cm³/mol. The molecule has 0 saturated carbocycles. The minimum Gasteiger partial charge on any atom is -0.480 e. The average Bonchev–Trinajstić information content (AvgIpc) is 3.25. The van der Waals surface area contributed by atoms with Gasteiger partial charge in [0.1, 0.15) is 6.54 Å². The molecule has 0 atom stereocenters. The van der Waals surface area contributed by atoms with Gasteiger partial charge in [-0.25, -0.2) is 0 Å². The third-order valence-corrected chi connectivity index (χ3v) is 6.48. The van der Waals surface area contributed by atoms with Crippen LogP contribution in [-0.4, -0.2) is 44.8 Å². The Morgan fingerprint density at radius 3 is 2.34 bits per heavy atom. The minimum absolute atomic E-state index is 0.162. The second-order valence-corrected chi connectivity index (χ2v) is 9.37. The van der Waals surface area contributed by atoms with E-state index < -0.39 is 5.97 Å². The highest BCUT2D eigenvalue weighted by atomic mass is 32.1. The normalized spacial score (nSPS) is 10.7. The maximum atomic E-state index is 13.3. The number of amides is 1. The Bertz CT molecular complexity index is 1580. The molecule has 0 aliphatic heterocycles. The molecule has 0 aliphatic rings. The van der Waals surface area contributed by atoms with E-state index in [0.29, 0.717) is 49.8 Å². The van der Waals surface area contributed by atoms with Gasteiger partial charge < -0.3 is 15.3 Å². The number of anilines is 2. The maximum Gasteiger partial charge on any atom is 0.323 e. The molecule has 4 N–H and O–H groups in total. The summed E-state index contributed by atoms with van der Waals surface area (Å²) in [7, 11) is 0. The third kappa shape index (κ3) is 5.99. The lowest BCUT2D eigenvalue weighted by Gasteiger charge is -2.26. The lowest BCUT2D eigenvalue weighted by Crippen LogP contribution is -2.31. The van der Waals surface area contributed by atoms with Crippen LogP contribution >= 0.6 is 24.4 Å². The van der Waals surface area contributed by atoms with E-state index in [1.165, 1.54) is 0 Å². The first-order chi connectivity index (χ1) is 18.3. The Morgan fingerprint density at radius 2 is 1.68 bits per heavy atom. The molecule has 3 aromatic carbocycles. The van der Waals surface area contributed by atoms with Crippen molar-refractivity contribution in [3.63, 3.8) is 0 Å². The van der Waals surface area contributed by atoms with Gasteiger partial charge in [-0.05, 0) is 78.4 Å². The average molecular weight is 546 g/mol. The molecule has 1 amide bonds. The summed E-state index contributed by atoms with van der Waals surface area (Å²) in [6.07, 6.45) is 0.762. The topological polar surface area (TPSA) is 106 Å². The number of rotatable bonds is 10. The number of aliphatic carboxylic acids is 1. The Kier molecular flexibility index (Phi) is 8.35. The third-order valence-electron chi connectivity index (χ3n) is 5.91. The first-order valence-corrected chi connectivity index (χ1v) is 12.8. The van der Waals surface area contributed by atoms with E-state index in [9.17, 15) is 14.7 Å². The Balaban J connectivity index is 1.70. The summed E-state index contributed by atoms with van der Waals surface area (Å²) in [5.74, 6) is -1.25. The van der Waals surface area contributed by atoms with Gasteiger partial charge >= 0.3 is 5.97 Å². The van der Waals surface area contributed by atoms with Crippen LogP contribution < -0.4 is 10.2 Å². The van der Waals surface area contributed by atoms with Crippen molar-refractivity contribution >= 4 is 53.3 Å². The second-order valence-electron chi connectivity index (χ2n) is 8.59. The number of carboxylic acid groups (broad SMARTS) is 1. The predicted octanol–water partition coefficient (Wildman–Crippen LogP) is 6.21. The number of benzene rings is 3. The molecular weight excluding hydrogens is 518 g/mol. The summed E-state index contributed by atoms with van der Waals surface area (Å²) >= 11 is 10.6. The molecule has 0 spiro atoms. The fourth-order valence-corrected chi connectivity index (χ4v) is 4.73. The van der Waals surface area contributed by atoms with E-state index in [1.807, 2.05) is 43.3 Å². The van der Waals surface area contributed by atoms with Crippen molar-refractivity contribution in [2.45, 2.75) is 13.3 Å². The van der Waals surface area contributed by atoms with Crippen LogP contribution in [0.25, 0.3) is 11.3 Å². The summed E-state index contributed by atoms with van der Waals surface area (Å²) in [6.45, 7) is 6.66. The molecule has 1 aromatic heterocycles. The van der Waals surface area contributed by atoms with Crippen LogP contribution in [0.5, 0.6) is 0 Å². The van der Waals surface area contributed by atoms with Crippen LogP contribution in [0.3, 0.4) is 0 Å². The summed E-state index contributed by atoms with van der Waals surface area (Å²) in [6, 6.07) is 22.0. The molecular formula is C28H27N5O3S2. The fourth-order valence-electron chi connectivity index (χ4n) is 4.18. The van der Waals surface area contributed by atoms with Gasteiger partial charge in [0.25, 0.3) is 5.91 Å². The van der Waals surface area contributed by atoms with Crippen LogP contribution in [0.15, 0.2) is 79.4 Å². The molecule has 0 radical (unpaired) electrons. The van der Waals surface area contributed by atoms with Crippen LogP contribution in [0.4, 0.5) is 11.4 Å². The highest BCUT2D eigenvalue weighted by molar-refractivity contribution is 7.72. The van der Waals surface area contributed by atoms with Crippen molar-refractivity contribution in [1.29, 1.82) is 0 Å². The monoisotopic (exact) mass is 545 g/mol. The van der Waals surface area contributed by atoms with Gasteiger partial charge in [-0.2, -0.15) is 0 Å². The molecule has 1 heterocycles. The first kappa shape index (κ1) is 26.8. The van der Waals surface area contributed by atoms with Crippen molar-refractivity contribution in [3.8, 4) is 5.69 Å². The zero-order valence-corrected chi connectivity index (χ0v) is 22.4. The van der Waals surface area contributed by atoms with Crippen molar-refractivity contribution in [1.82, 2.24) is 14.8 Å². The van der Waals surface area contributed by atoms with Gasteiger partial charge in [-0.3, -0.25) is 24.4 Å². The van der Waals surface area contributed by atoms with E-state index in [4.69, 9.17) is 24.4 Å². The van der Waals surface area contributed by atoms with Gasteiger partial charge in [0.05, 0.1) is 5.69 Å². The summed E-state index contributed by atoms with van der Waals surface area (Å²) in [4.78, 5) is 26.7. The molecule has 10 heteroatoms. The van der Waals surface area contributed by atoms with Crippen LogP contribution in [0.1, 0.15) is 34.8 Å². The Hall–Kier alpha value is -4.28. The van der Waals surface area contributed by atoms with E-state index in [1.54, 1.807) is 45.9 Å². The van der Waals surface area contributed by atoms with Crippen LogP contribution in [0.2, 0.25) is 0 Å². The van der Waals surface area contributed by atoms with Gasteiger partial charge in [-0.1, -0.05) is 49.9 Å². The fraction of sp³-hybridized carbons (Fsp3) is 0.143. The molecule has 0 unspecified atom stereocenters. The maximum absolute atomic E-state index is 13.3. The van der Waals surface area contributed by atoms with E-state index in [0.717, 1.165) is 12.0 Å². The number of hydrogen-bond acceptors (Lipinski definition) is 5. The second kappa shape index (κ2) is 11.8. The lowest BCUT2D eigenvalue weighted by molar-refractivity contribution is -0.135. The van der Waals surface area contributed by atoms with E-state index in [2.05, 4.69) is 22.1 Å². The number of carboxylic acids is 1. The van der Waals surface area contributed by atoms with Crippen LogP contribution in [-0.2, 0) is 4.79 Å². The quantitative estimate of drug-likeness (QED) is 0.177. The minimum atomic E-state index is -0.932. The SMILES string of the molecule is C=C(c1ccccc1)c1cc(C(=O)Nc2cccc(-n3c(=S)[nH][nH]c3=S)c2)ccc1N(CCC)CC(=O)O. The summed E-state index contributed by atoms with van der Waals surface area (Å²) < 4.78 is 2.48. The number of nitrogens with zero attached hydrogens (tertiary/aromatic N) is 2. The van der Waals surface area contributed by atoms with E-state index in [-0.39, 0.29) is 12.5 Å². The first-order valence-electron chi connectivity index (χ1n) is 12.0. The Labute approximate surface area is 230 Å². The zero-order valence-electron chi connectivity index (χ0n) is 20.7. The molecule has 0 bridgehead atoms. The molecule has 0 fully saturated rings. The Morgan fingerprint density at radius 1 is 0.974 bits per heavy atom. The number of hydrogen-bond donors (Lipinski definition) is 4. The van der Waals surface area contributed by atoms with Crippen molar-refractivity contribution in [2.75, 3.05) is 23.3 Å². The summed E-state index contributed by atoms with van der Waals surface area (Å²) in [5.41, 5.74) is 4.65. The molecule has 194 valence electrons. The molecule has 38 heavy (non-hydrogen) atoms. The number of aromatic nitrogens is 3. The van der Waals surface area contributed by atoms with E-state index >= 15 is 0 Å². The zero-order chi connectivity index (χ0) is 27.2. The largest absolute Gasteiger partial charge is 0.480 e. The molecule has 8 nitrogen and oxygen atoms in total. The highest BCUT2D eigenvalue weighted by Gasteiger charge is 2.19. The van der Waals surface area contributed by atoms with Gasteiger partial charge in [0, 0.05) is 29.0 Å². The van der Waals surface area contributed by atoms with Crippen molar-refractivity contribution < 1.29 is 14.7 Å². The van der Waals surface area contributed by atoms with Gasteiger partial charge in [0.15, 0.2) is 9.54 Å². The number of H-pyrrole nitrogens is 2.